The van der Waals surface area contributed by atoms with E-state index in [0.717, 1.165) is 29.5 Å². The number of aryl methyl sites for hydroxylation is 2. The third-order valence-electron chi connectivity index (χ3n) is 4.66. The Morgan fingerprint density at radius 1 is 1.00 bits per heavy atom. The lowest BCUT2D eigenvalue weighted by Gasteiger charge is -2.11. The lowest BCUT2D eigenvalue weighted by Crippen LogP contribution is -2.14. The number of ether oxygens (including phenoxy) is 1. The number of carbonyl (C=O) groups is 1. The van der Waals surface area contributed by atoms with Gasteiger partial charge in [-0.15, -0.1) is 0 Å². The van der Waals surface area contributed by atoms with E-state index in [2.05, 4.69) is 22.2 Å². The Morgan fingerprint density at radius 2 is 1.73 bits per heavy atom. The maximum absolute atomic E-state index is 12.4. The van der Waals surface area contributed by atoms with Crippen LogP contribution in [0.15, 0.2) is 54.6 Å². The number of hydrogen-bond donors (Lipinski definition) is 1. The highest BCUT2D eigenvalue weighted by Crippen LogP contribution is 2.35. The van der Waals surface area contributed by atoms with Gasteiger partial charge in [-0.1, -0.05) is 36.4 Å². The minimum absolute atomic E-state index is 0.0802. The zero-order valence-corrected chi connectivity index (χ0v) is 14.0. The number of nitrogens with one attached hydrogen (secondary N) is 1. The predicted molar refractivity (Wildman–Crippen MR) is 96.8 cm³/mol. The molecule has 0 aromatic heterocycles. The van der Waals surface area contributed by atoms with Crippen LogP contribution in [-0.4, -0.2) is 12.5 Å². The van der Waals surface area contributed by atoms with Gasteiger partial charge in [-0.25, -0.2) is 0 Å². The second kappa shape index (κ2) is 6.75. The number of hydrogen-bond acceptors (Lipinski definition) is 2. The van der Waals surface area contributed by atoms with E-state index in [1.165, 1.54) is 28.6 Å². The fourth-order valence-corrected chi connectivity index (χ4v) is 3.52. The van der Waals surface area contributed by atoms with Crippen molar-refractivity contribution in [2.75, 3.05) is 5.32 Å². The molecule has 1 N–H and O–H groups in total. The van der Waals surface area contributed by atoms with Crippen LogP contribution in [-0.2, 0) is 24.1 Å². The topological polar surface area (TPSA) is 38.3 Å². The fourth-order valence-electron chi connectivity index (χ4n) is 3.52. The minimum Gasteiger partial charge on any atom is -0.435 e. The van der Waals surface area contributed by atoms with Gasteiger partial charge in [0.25, 0.3) is 0 Å². The molecule has 0 fully saturated rings. The first-order valence-corrected chi connectivity index (χ1v) is 8.47. The molecule has 0 aliphatic heterocycles. The summed E-state index contributed by atoms with van der Waals surface area (Å²) in [4.78, 5) is 12.4. The van der Waals surface area contributed by atoms with E-state index in [0.29, 0.717) is 0 Å². The Hall–Kier alpha value is -2.95. The average molecular weight is 353 g/mol. The lowest BCUT2D eigenvalue weighted by atomic mass is 10.0. The molecule has 0 radical (unpaired) electrons. The van der Waals surface area contributed by atoms with Gasteiger partial charge in [0.1, 0.15) is 5.75 Å². The second-order valence-corrected chi connectivity index (χ2v) is 6.36. The molecule has 5 heteroatoms. The molecule has 0 bridgehead atoms. The smallest absolute Gasteiger partial charge is 0.387 e. The summed E-state index contributed by atoms with van der Waals surface area (Å²) in [5.41, 5.74) is 4.18. The van der Waals surface area contributed by atoms with Gasteiger partial charge in [0.05, 0.1) is 6.42 Å². The third-order valence-corrected chi connectivity index (χ3v) is 4.66. The molecule has 3 aromatic rings. The first-order chi connectivity index (χ1) is 12.6. The lowest BCUT2D eigenvalue weighted by molar-refractivity contribution is -0.115. The standard InChI is InChI=1S/C21H17F2NO2/c22-21(23)26-16-9-4-13(5-10-16)12-19(25)24-18-11-8-15-7-6-14-2-1-3-17(18)20(14)15/h1-5,8-11,21H,6-7,12H2,(H,24,25). The summed E-state index contributed by atoms with van der Waals surface area (Å²) in [6.45, 7) is -2.85. The minimum atomic E-state index is -2.85. The highest BCUT2D eigenvalue weighted by molar-refractivity contribution is 6.05. The maximum atomic E-state index is 12.4. The number of alkyl halides is 2. The summed E-state index contributed by atoms with van der Waals surface area (Å²) in [6.07, 6.45) is 2.24. The van der Waals surface area contributed by atoms with Gasteiger partial charge >= 0.3 is 6.61 Å². The second-order valence-electron chi connectivity index (χ2n) is 6.36. The third kappa shape index (κ3) is 3.25. The van der Waals surface area contributed by atoms with E-state index in [1.807, 2.05) is 18.2 Å². The van der Waals surface area contributed by atoms with Crippen LogP contribution >= 0.6 is 0 Å². The van der Waals surface area contributed by atoms with Crippen LogP contribution < -0.4 is 10.1 Å². The largest absolute Gasteiger partial charge is 0.435 e. The molecule has 0 spiro atoms. The van der Waals surface area contributed by atoms with Crippen LogP contribution in [0.25, 0.3) is 10.8 Å². The van der Waals surface area contributed by atoms with E-state index in [9.17, 15) is 13.6 Å². The van der Waals surface area contributed by atoms with Gasteiger partial charge in [-0.05, 0) is 53.1 Å². The van der Waals surface area contributed by atoms with Crippen LogP contribution in [0.1, 0.15) is 16.7 Å². The number of carbonyl (C=O) groups excluding carboxylic acids is 1. The Balaban J connectivity index is 1.50. The van der Waals surface area contributed by atoms with Crippen molar-refractivity contribution in [2.24, 2.45) is 0 Å². The molecule has 1 aliphatic rings. The molecule has 0 saturated heterocycles. The highest BCUT2D eigenvalue weighted by atomic mass is 19.3. The van der Waals surface area contributed by atoms with Crippen LogP contribution in [0.4, 0.5) is 14.5 Å². The average Bonchev–Trinajstić information content (AvgIpc) is 3.03. The molecule has 0 saturated carbocycles. The molecule has 26 heavy (non-hydrogen) atoms. The maximum Gasteiger partial charge on any atom is 0.387 e. The van der Waals surface area contributed by atoms with Crippen LogP contribution in [0.5, 0.6) is 5.75 Å². The molecule has 3 aromatic carbocycles. The monoisotopic (exact) mass is 353 g/mol. The van der Waals surface area contributed by atoms with Gasteiger partial charge in [-0.3, -0.25) is 4.79 Å². The number of halogens is 2. The van der Waals surface area contributed by atoms with Crippen molar-refractivity contribution in [1.82, 2.24) is 0 Å². The van der Waals surface area contributed by atoms with Crippen molar-refractivity contribution in [3.63, 3.8) is 0 Å². The summed E-state index contributed by atoms with van der Waals surface area (Å²) in [7, 11) is 0. The fraction of sp³-hybridized carbons (Fsp3) is 0.190. The van der Waals surface area contributed by atoms with Gasteiger partial charge < -0.3 is 10.1 Å². The zero-order chi connectivity index (χ0) is 18.1. The van der Waals surface area contributed by atoms with Gasteiger partial charge in [0.2, 0.25) is 5.91 Å². The Bertz CT molecular complexity index is 957. The van der Waals surface area contributed by atoms with Gasteiger partial charge in [0.15, 0.2) is 0 Å². The number of rotatable bonds is 5. The first-order valence-electron chi connectivity index (χ1n) is 8.47. The van der Waals surface area contributed by atoms with Gasteiger partial charge in [-0.2, -0.15) is 8.78 Å². The van der Waals surface area contributed by atoms with Crippen molar-refractivity contribution >= 4 is 22.4 Å². The normalized spacial score (nSPS) is 12.6. The summed E-state index contributed by atoms with van der Waals surface area (Å²) in [5.74, 6) is -0.0668. The molecular weight excluding hydrogens is 336 g/mol. The molecule has 0 atom stereocenters. The molecule has 1 aliphatic carbocycles. The summed E-state index contributed by atoms with van der Waals surface area (Å²) >= 11 is 0. The number of anilines is 1. The van der Waals surface area contributed by atoms with E-state index >= 15 is 0 Å². The molecule has 0 unspecified atom stereocenters. The first kappa shape index (κ1) is 16.5. The SMILES string of the molecule is O=C(Cc1ccc(OC(F)F)cc1)Nc1ccc2c3c(cccc13)CC2. The van der Waals surface area contributed by atoms with E-state index < -0.39 is 6.61 Å². The Kier molecular flexibility index (Phi) is 4.29. The van der Waals surface area contributed by atoms with E-state index in [1.54, 1.807) is 12.1 Å². The molecule has 3 nitrogen and oxygen atoms in total. The van der Waals surface area contributed by atoms with Crippen LogP contribution in [0.2, 0.25) is 0 Å². The predicted octanol–water partition coefficient (Wildman–Crippen LogP) is 4.72. The Morgan fingerprint density at radius 3 is 2.46 bits per heavy atom. The van der Waals surface area contributed by atoms with Gasteiger partial charge in [0, 0.05) is 11.1 Å². The van der Waals surface area contributed by atoms with Crippen molar-refractivity contribution in [2.45, 2.75) is 25.9 Å². The number of amides is 1. The van der Waals surface area contributed by atoms with Crippen molar-refractivity contribution in [3.05, 3.63) is 71.3 Å². The van der Waals surface area contributed by atoms with Crippen molar-refractivity contribution in [3.8, 4) is 5.75 Å². The van der Waals surface area contributed by atoms with E-state index in [-0.39, 0.29) is 18.1 Å². The zero-order valence-electron chi connectivity index (χ0n) is 14.0. The van der Waals surface area contributed by atoms with Crippen LogP contribution in [0.3, 0.4) is 0 Å². The Labute approximate surface area is 149 Å². The molecule has 0 heterocycles. The number of benzene rings is 3. The molecule has 132 valence electrons. The highest BCUT2D eigenvalue weighted by Gasteiger charge is 2.16. The molecule has 4 rings (SSSR count). The molecule has 1 amide bonds. The van der Waals surface area contributed by atoms with Crippen molar-refractivity contribution in [1.29, 1.82) is 0 Å². The summed E-state index contributed by atoms with van der Waals surface area (Å²) in [5, 5.41) is 5.28. The molecular formula is C21H17F2NO2. The quantitative estimate of drug-likeness (QED) is 0.721. The summed E-state index contributed by atoms with van der Waals surface area (Å²) < 4.78 is 28.7. The van der Waals surface area contributed by atoms with Crippen LogP contribution in [0, 0.1) is 0 Å². The van der Waals surface area contributed by atoms with Crippen molar-refractivity contribution < 1.29 is 18.3 Å². The summed E-state index contributed by atoms with van der Waals surface area (Å²) in [6, 6.07) is 16.3. The van der Waals surface area contributed by atoms with E-state index in [4.69, 9.17) is 0 Å².